The molecule has 0 radical (unpaired) electrons. The average Bonchev–Trinajstić information content (AvgIpc) is 2.35. The van der Waals surface area contributed by atoms with Gasteiger partial charge in [0.2, 0.25) is 0 Å². The van der Waals surface area contributed by atoms with Crippen molar-refractivity contribution in [3.8, 4) is 0 Å². The van der Waals surface area contributed by atoms with Gasteiger partial charge < -0.3 is 10.2 Å². The van der Waals surface area contributed by atoms with Crippen LogP contribution in [0.5, 0.6) is 0 Å². The zero-order chi connectivity index (χ0) is 13.5. The molecule has 0 aliphatic heterocycles. The van der Waals surface area contributed by atoms with Crippen LogP contribution in [0.2, 0.25) is 0 Å². The number of nitrogens with one attached hydrogen (secondary N) is 1. The van der Waals surface area contributed by atoms with Crippen LogP contribution in [-0.4, -0.2) is 29.6 Å². The molecule has 1 atom stereocenters. The molecule has 1 aromatic heterocycles. The molecule has 4 heteroatoms. The van der Waals surface area contributed by atoms with Crippen LogP contribution in [0.3, 0.4) is 0 Å². The molecule has 1 N–H and O–H groups in total. The standard InChI is InChI=1S/C14H26N4/c1-6-15-8-13-9-16-10-17-14(13)18(5)12(4)7-11(2)3/h9-12,15H,6-8H2,1-5H3. The van der Waals surface area contributed by atoms with Crippen LogP contribution in [0.25, 0.3) is 0 Å². The van der Waals surface area contributed by atoms with E-state index in [2.05, 4.69) is 54.9 Å². The van der Waals surface area contributed by atoms with E-state index in [-0.39, 0.29) is 0 Å². The summed E-state index contributed by atoms with van der Waals surface area (Å²) in [7, 11) is 2.12. The quantitative estimate of drug-likeness (QED) is 0.807. The zero-order valence-electron chi connectivity index (χ0n) is 12.3. The highest BCUT2D eigenvalue weighted by atomic mass is 15.2. The molecule has 0 saturated heterocycles. The lowest BCUT2D eigenvalue weighted by atomic mass is 10.0. The minimum atomic E-state index is 0.486. The Kier molecular flexibility index (Phi) is 6.05. The summed E-state index contributed by atoms with van der Waals surface area (Å²) in [6, 6.07) is 0.486. The van der Waals surface area contributed by atoms with E-state index in [9.17, 15) is 0 Å². The Morgan fingerprint density at radius 3 is 2.67 bits per heavy atom. The minimum absolute atomic E-state index is 0.486. The second-order valence-electron chi connectivity index (χ2n) is 5.24. The number of hydrogen-bond donors (Lipinski definition) is 1. The molecule has 0 aromatic carbocycles. The van der Waals surface area contributed by atoms with Gasteiger partial charge in [-0.3, -0.25) is 0 Å². The lowest BCUT2D eigenvalue weighted by Crippen LogP contribution is -2.32. The van der Waals surface area contributed by atoms with Gasteiger partial charge in [-0.2, -0.15) is 0 Å². The maximum Gasteiger partial charge on any atom is 0.136 e. The fourth-order valence-electron chi connectivity index (χ4n) is 2.10. The lowest BCUT2D eigenvalue weighted by molar-refractivity contribution is 0.500. The van der Waals surface area contributed by atoms with Crippen LogP contribution < -0.4 is 10.2 Å². The van der Waals surface area contributed by atoms with Crippen molar-refractivity contribution >= 4 is 5.82 Å². The summed E-state index contributed by atoms with van der Waals surface area (Å²) >= 11 is 0. The topological polar surface area (TPSA) is 41.1 Å². The first-order chi connectivity index (χ1) is 8.56. The smallest absolute Gasteiger partial charge is 0.136 e. The van der Waals surface area contributed by atoms with Crippen molar-refractivity contribution in [2.24, 2.45) is 5.92 Å². The molecule has 0 spiro atoms. The third-order valence-corrected chi connectivity index (χ3v) is 3.14. The molecule has 102 valence electrons. The molecule has 0 aliphatic carbocycles. The maximum atomic E-state index is 4.43. The van der Waals surface area contributed by atoms with Crippen LogP contribution in [0.1, 0.15) is 39.7 Å². The van der Waals surface area contributed by atoms with E-state index in [4.69, 9.17) is 0 Å². The van der Waals surface area contributed by atoms with E-state index >= 15 is 0 Å². The van der Waals surface area contributed by atoms with E-state index in [1.54, 1.807) is 6.33 Å². The molecular weight excluding hydrogens is 224 g/mol. The van der Waals surface area contributed by atoms with Crippen molar-refractivity contribution in [3.05, 3.63) is 18.1 Å². The first-order valence-corrected chi connectivity index (χ1v) is 6.78. The largest absolute Gasteiger partial charge is 0.357 e. The van der Waals surface area contributed by atoms with Gasteiger partial charge in [-0.15, -0.1) is 0 Å². The molecule has 1 heterocycles. The monoisotopic (exact) mass is 250 g/mol. The second kappa shape index (κ2) is 7.31. The molecule has 0 aliphatic rings. The van der Waals surface area contributed by atoms with Gasteiger partial charge in [-0.25, -0.2) is 9.97 Å². The summed E-state index contributed by atoms with van der Waals surface area (Å²) in [5.74, 6) is 1.74. The van der Waals surface area contributed by atoms with Gasteiger partial charge in [-0.1, -0.05) is 20.8 Å². The first-order valence-electron chi connectivity index (χ1n) is 6.78. The van der Waals surface area contributed by atoms with Crippen molar-refractivity contribution in [1.82, 2.24) is 15.3 Å². The van der Waals surface area contributed by atoms with Crippen LogP contribution in [0, 0.1) is 5.92 Å². The van der Waals surface area contributed by atoms with Gasteiger partial charge in [0, 0.05) is 31.4 Å². The molecule has 0 fully saturated rings. The van der Waals surface area contributed by atoms with Crippen LogP contribution >= 0.6 is 0 Å². The predicted octanol–water partition coefficient (Wildman–Crippen LogP) is 2.46. The van der Waals surface area contributed by atoms with Gasteiger partial charge in [0.1, 0.15) is 12.1 Å². The Hall–Kier alpha value is -1.16. The number of nitrogens with zero attached hydrogens (tertiary/aromatic N) is 3. The zero-order valence-corrected chi connectivity index (χ0v) is 12.3. The maximum absolute atomic E-state index is 4.43. The van der Waals surface area contributed by atoms with E-state index in [1.807, 2.05) is 6.20 Å². The summed E-state index contributed by atoms with van der Waals surface area (Å²) < 4.78 is 0. The van der Waals surface area contributed by atoms with Crippen LogP contribution in [0.4, 0.5) is 5.82 Å². The highest BCUT2D eigenvalue weighted by Crippen LogP contribution is 2.20. The van der Waals surface area contributed by atoms with Gasteiger partial charge >= 0.3 is 0 Å². The van der Waals surface area contributed by atoms with Crippen molar-refractivity contribution in [2.75, 3.05) is 18.5 Å². The predicted molar refractivity (Wildman–Crippen MR) is 76.7 cm³/mol. The van der Waals surface area contributed by atoms with E-state index < -0.39 is 0 Å². The summed E-state index contributed by atoms with van der Waals surface area (Å²) in [4.78, 5) is 10.8. The molecule has 18 heavy (non-hydrogen) atoms. The summed E-state index contributed by atoms with van der Waals surface area (Å²) in [5, 5.41) is 3.33. The van der Waals surface area contributed by atoms with Crippen molar-refractivity contribution in [3.63, 3.8) is 0 Å². The Morgan fingerprint density at radius 1 is 1.33 bits per heavy atom. The third-order valence-electron chi connectivity index (χ3n) is 3.14. The minimum Gasteiger partial charge on any atom is -0.357 e. The lowest BCUT2D eigenvalue weighted by Gasteiger charge is -2.28. The van der Waals surface area contributed by atoms with Gasteiger partial charge in [-0.05, 0) is 25.8 Å². The molecule has 1 rings (SSSR count). The second-order valence-corrected chi connectivity index (χ2v) is 5.24. The van der Waals surface area contributed by atoms with E-state index in [0.717, 1.165) is 24.5 Å². The van der Waals surface area contributed by atoms with E-state index in [1.165, 1.54) is 6.42 Å². The number of aromatic nitrogens is 2. The van der Waals surface area contributed by atoms with Gasteiger partial charge in [0.05, 0.1) is 0 Å². The normalized spacial score (nSPS) is 12.8. The molecular formula is C14H26N4. The summed E-state index contributed by atoms with van der Waals surface area (Å²) in [5.41, 5.74) is 1.16. The molecule has 1 unspecified atom stereocenters. The summed E-state index contributed by atoms with van der Waals surface area (Å²) in [6.45, 7) is 10.6. The average molecular weight is 250 g/mol. The van der Waals surface area contributed by atoms with Crippen molar-refractivity contribution in [1.29, 1.82) is 0 Å². The van der Waals surface area contributed by atoms with Crippen LogP contribution in [0.15, 0.2) is 12.5 Å². The Morgan fingerprint density at radius 2 is 2.06 bits per heavy atom. The summed E-state index contributed by atoms with van der Waals surface area (Å²) in [6.07, 6.45) is 4.70. The van der Waals surface area contributed by atoms with Crippen molar-refractivity contribution in [2.45, 2.75) is 46.7 Å². The Bertz CT molecular complexity index is 351. The molecule has 0 amide bonds. The SMILES string of the molecule is CCNCc1cncnc1N(C)C(C)CC(C)C. The highest BCUT2D eigenvalue weighted by Gasteiger charge is 2.15. The number of hydrogen-bond acceptors (Lipinski definition) is 4. The highest BCUT2D eigenvalue weighted by molar-refractivity contribution is 5.45. The molecule has 0 saturated carbocycles. The Labute approximate surface area is 111 Å². The molecule has 4 nitrogen and oxygen atoms in total. The van der Waals surface area contributed by atoms with Gasteiger partial charge in [0.15, 0.2) is 0 Å². The fraction of sp³-hybridized carbons (Fsp3) is 0.714. The molecule has 0 bridgehead atoms. The third kappa shape index (κ3) is 4.26. The fourth-order valence-corrected chi connectivity index (χ4v) is 2.10. The van der Waals surface area contributed by atoms with Crippen molar-refractivity contribution < 1.29 is 0 Å². The number of rotatable bonds is 7. The van der Waals surface area contributed by atoms with Crippen LogP contribution in [-0.2, 0) is 6.54 Å². The first kappa shape index (κ1) is 14.9. The molecule has 1 aromatic rings. The Balaban J connectivity index is 2.80. The number of anilines is 1. The van der Waals surface area contributed by atoms with E-state index in [0.29, 0.717) is 12.0 Å². The van der Waals surface area contributed by atoms with Gasteiger partial charge in [0.25, 0.3) is 0 Å².